The maximum absolute atomic E-state index is 7.39. The number of hydrogen-bond donors (Lipinski definition) is 0. The van der Waals surface area contributed by atoms with Crippen molar-refractivity contribution in [3.63, 3.8) is 0 Å². The predicted molar refractivity (Wildman–Crippen MR) is 66.8 cm³/mol. The van der Waals surface area contributed by atoms with Crippen LogP contribution < -0.4 is 0 Å². The zero-order valence-corrected chi connectivity index (χ0v) is 8.93. The van der Waals surface area contributed by atoms with Crippen molar-refractivity contribution >= 4 is 5.57 Å². The molecule has 0 aliphatic carbocycles. The zero-order chi connectivity index (χ0) is 16.4. The van der Waals surface area contributed by atoms with E-state index in [4.69, 9.17) is 8.22 Å². The van der Waals surface area contributed by atoms with Crippen molar-refractivity contribution in [3.05, 3.63) is 47.8 Å². The number of nitrogens with zero attached hydrogens (tertiary/aromatic N) is 1. The topological polar surface area (TPSA) is 12.9 Å². The summed E-state index contributed by atoms with van der Waals surface area (Å²) in [4.78, 5) is 4.12. The van der Waals surface area contributed by atoms with Crippen LogP contribution in [0.15, 0.2) is 31.0 Å². The quantitative estimate of drug-likeness (QED) is 0.678. The Morgan fingerprint density at radius 2 is 2.20 bits per heavy atom. The minimum absolute atomic E-state index is 0.180. The lowest BCUT2D eigenvalue weighted by Gasteiger charge is -2.07. The second-order valence-electron chi connectivity index (χ2n) is 3.59. The molecule has 0 aromatic carbocycles. The van der Waals surface area contributed by atoms with Crippen molar-refractivity contribution < 1.29 is 8.22 Å². The molecule has 0 saturated heterocycles. The molecule has 0 aliphatic rings. The van der Waals surface area contributed by atoms with Crippen LogP contribution in [-0.2, 0) is 0 Å². The fourth-order valence-electron chi connectivity index (χ4n) is 1.18. The molecule has 0 atom stereocenters. The van der Waals surface area contributed by atoms with Gasteiger partial charge < -0.3 is 0 Å². The molecule has 1 aromatic rings. The highest BCUT2D eigenvalue weighted by atomic mass is 14.7. The van der Waals surface area contributed by atoms with Crippen LogP contribution in [0, 0.1) is 13.8 Å². The van der Waals surface area contributed by atoms with Crippen molar-refractivity contribution in [1.29, 1.82) is 0 Å². The third-order valence-electron chi connectivity index (χ3n) is 2.20. The smallest absolute Gasteiger partial charge is 0.0658 e. The molecule has 0 unspecified atom stereocenters. The molecule has 0 radical (unpaired) electrons. The summed E-state index contributed by atoms with van der Waals surface area (Å²) < 4.78 is 43.9. The van der Waals surface area contributed by atoms with Crippen LogP contribution in [-0.4, -0.2) is 4.98 Å². The van der Waals surface area contributed by atoms with Crippen LogP contribution in [0.4, 0.5) is 0 Å². The van der Waals surface area contributed by atoms with Crippen molar-refractivity contribution in [1.82, 2.24) is 4.98 Å². The number of allylic oxidation sites excluding steroid dienone is 2. The summed E-state index contributed by atoms with van der Waals surface area (Å²) in [6.07, 6.45) is 2.06. The fourth-order valence-corrected chi connectivity index (χ4v) is 1.18. The van der Waals surface area contributed by atoms with Gasteiger partial charge in [-0.2, -0.15) is 0 Å². The summed E-state index contributed by atoms with van der Waals surface area (Å²) in [5, 5.41) is 0. The first-order chi connectivity index (χ1) is 9.43. The number of aromatic nitrogens is 1. The Balaban J connectivity index is 2.81. The van der Waals surface area contributed by atoms with E-state index in [1.54, 1.807) is 13.0 Å². The van der Waals surface area contributed by atoms with Gasteiger partial charge in [0.15, 0.2) is 0 Å². The van der Waals surface area contributed by atoms with Crippen LogP contribution in [0.3, 0.4) is 0 Å². The monoisotopic (exact) mass is 207 g/mol. The molecule has 0 fully saturated rings. The lowest BCUT2D eigenvalue weighted by molar-refractivity contribution is 0.989. The summed E-state index contributed by atoms with van der Waals surface area (Å²) in [7, 11) is 0. The summed E-state index contributed by atoms with van der Waals surface area (Å²) >= 11 is 0. The number of pyridine rings is 1. The average Bonchev–Trinajstić information content (AvgIpc) is 2.32. The molecule has 1 aromatic heterocycles. The van der Waals surface area contributed by atoms with E-state index in [-0.39, 0.29) is 11.1 Å². The number of aryl methyl sites for hydroxylation is 2. The van der Waals surface area contributed by atoms with Crippen molar-refractivity contribution in [2.24, 2.45) is 0 Å². The van der Waals surface area contributed by atoms with E-state index in [2.05, 4.69) is 18.1 Å². The predicted octanol–water partition coefficient (Wildman–Crippen LogP) is 4.07. The van der Waals surface area contributed by atoms with E-state index in [1.807, 2.05) is 0 Å². The molecule has 1 heteroatoms. The van der Waals surface area contributed by atoms with Gasteiger partial charge in [-0.25, -0.2) is 0 Å². The minimum atomic E-state index is -2.19. The zero-order valence-electron chi connectivity index (χ0n) is 14.9. The SMILES string of the molecule is [2H]C([2H])([2H])C(=C)CCC(=C)c1cc(C)c(C([2H])([2H])[2H])cn1. The van der Waals surface area contributed by atoms with E-state index in [0.717, 1.165) is 0 Å². The summed E-state index contributed by atoms with van der Waals surface area (Å²) in [5.74, 6) is 0. The number of hydrogen-bond acceptors (Lipinski definition) is 1. The normalized spacial score (nSPS) is 17.7. The Hall–Kier alpha value is -1.37. The third-order valence-corrected chi connectivity index (χ3v) is 2.20. The Morgan fingerprint density at radius 1 is 1.40 bits per heavy atom. The van der Waals surface area contributed by atoms with E-state index in [0.29, 0.717) is 29.7 Å². The van der Waals surface area contributed by atoms with Gasteiger partial charge in [-0.05, 0) is 56.2 Å². The van der Waals surface area contributed by atoms with Gasteiger partial charge in [0.1, 0.15) is 0 Å². The highest BCUT2D eigenvalue weighted by molar-refractivity contribution is 5.61. The van der Waals surface area contributed by atoms with Gasteiger partial charge in [0.05, 0.1) is 5.69 Å². The Kier molecular flexibility index (Phi) is 1.85. The first-order valence-electron chi connectivity index (χ1n) is 7.76. The van der Waals surface area contributed by atoms with E-state index in [1.165, 1.54) is 6.20 Å². The molecular weight excluding hydrogens is 182 g/mol. The van der Waals surface area contributed by atoms with Crippen LogP contribution >= 0.6 is 0 Å². The van der Waals surface area contributed by atoms with Crippen LogP contribution in [0.25, 0.3) is 5.57 Å². The van der Waals surface area contributed by atoms with Gasteiger partial charge in [0.25, 0.3) is 0 Å². The number of rotatable bonds is 4. The molecule has 0 N–H and O–H groups in total. The Bertz CT molecular complexity index is 554. The largest absolute Gasteiger partial charge is 0.256 e. The summed E-state index contributed by atoms with van der Waals surface area (Å²) in [6, 6.07) is 1.67. The standard InChI is InChI=1S/C14H19N/c1-10(2)6-7-11(3)14-8-12(4)13(5)9-15-14/h8-9H,1,3,6-7H2,2,4-5H3/i2D3,5D3. The van der Waals surface area contributed by atoms with Crippen LogP contribution in [0.1, 0.15) is 44.7 Å². The van der Waals surface area contributed by atoms with Gasteiger partial charge in [0, 0.05) is 14.4 Å². The lowest BCUT2D eigenvalue weighted by Crippen LogP contribution is -1.92. The summed E-state index contributed by atoms with van der Waals surface area (Å²) in [6.45, 7) is 4.81. The lowest BCUT2D eigenvalue weighted by atomic mass is 10.0. The maximum Gasteiger partial charge on any atom is 0.0658 e. The summed E-state index contributed by atoms with van der Waals surface area (Å²) in [5.41, 5.74) is 2.26. The molecule has 1 nitrogen and oxygen atoms in total. The maximum atomic E-state index is 7.39. The van der Waals surface area contributed by atoms with Crippen LogP contribution in [0.2, 0.25) is 0 Å². The highest BCUT2D eigenvalue weighted by Crippen LogP contribution is 2.19. The molecule has 1 rings (SSSR count). The van der Waals surface area contributed by atoms with Crippen molar-refractivity contribution in [2.45, 2.75) is 33.5 Å². The van der Waals surface area contributed by atoms with Crippen molar-refractivity contribution in [2.75, 3.05) is 0 Å². The van der Waals surface area contributed by atoms with E-state index in [9.17, 15) is 0 Å². The van der Waals surface area contributed by atoms with Gasteiger partial charge >= 0.3 is 0 Å². The molecule has 0 aliphatic heterocycles. The first-order valence-corrected chi connectivity index (χ1v) is 4.76. The van der Waals surface area contributed by atoms with Gasteiger partial charge in [0.2, 0.25) is 0 Å². The molecule has 15 heavy (non-hydrogen) atoms. The average molecular weight is 207 g/mol. The highest BCUT2D eigenvalue weighted by Gasteiger charge is 2.02. The first kappa shape index (κ1) is 5.64. The Labute approximate surface area is 101 Å². The molecule has 0 saturated carbocycles. The van der Waals surface area contributed by atoms with E-state index >= 15 is 0 Å². The molecule has 0 bridgehead atoms. The molecular formula is C14H19N. The fraction of sp³-hybridized carbons (Fsp3) is 0.357. The van der Waals surface area contributed by atoms with Gasteiger partial charge in [-0.15, -0.1) is 6.58 Å². The van der Waals surface area contributed by atoms with Gasteiger partial charge in [-0.3, -0.25) is 4.98 Å². The minimum Gasteiger partial charge on any atom is -0.256 e. The molecule has 1 heterocycles. The molecule has 0 spiro atoms. The van der Waals surface area contributed by atoms with Crippen molar-refractivity contribution in [3.8, 4) is 0 Å². The Morgan fingerprint density at radius 3 is 2.80 bits per heavy atom. The molecule has 80 valence electrons. The van der Waals surface area contributed by atoms with Gasteiger partial charge in [-0.1, -0.05) is 12.2 Å². The third kappa shape index (κ3) is 3.35. The second kappa shape index (κ2) is 4.92. The van der Waals surface area contributed by atoms with Crippen LogP contribution in [0.5, 0.6) is 0 Å². The molecule has 0 amide bonds. The second-order valence-corrected chi connectivity index (χ2v) is 3.59. The van der Waals surface area contributed by atoms with E-state index < -0.39 is 13.7 Å².